The number of furan rings is 1. The van der Waals surface area contributed by atoms with Crippen LogP contribution in [0.1, 0.15) is 0 Å². The van der Waals surface area contributed by atoms with Crippen LogP contribution < -0.4 is 4.90 Å². The molecule has 0 N–H and O–H groups in total. The maximum atomic E-state index is 7.09. The van der Waals surface area contributed by atoms with Gasteiger partial charge in [0.15, 0.2) is 0 Å². The number of anilines is 3. The van der Waals surface area contributed by atoms with Crippen molar-refractivity contribution in [1.82, 2.24) is 0 Å². The lowest BCUT2D eigenvalue weighted by Gasteiger charge is -2.27. The summed E-state index contributed by atoms with van der Waals surface area (Å²) in [5.74, 6) is 0. The Morgan fingerprint density at radius 3 is 1.58 bits per heavy atom. The molecule has 3 heterocycles. The first-order valence-electron chi connectivity index (χ1n) is 21.7. The number of fused-ring (bicyclic) bond motifs is 9. The first-order chi connectivity index (χ1) is 31.7. The van der Waals surface area contributed by atoms with Gasteiger partial charge < -0.3 is 9.32 Å². The quantitative estimate of drug-likeness (QED) is 0.159. The smallest absolute Gasteiger partial charge is 0.145 e. The van der Waals surface area contributed by atoms with E-state index in [4.69, 9.17) is 4.42 Å². The third-order valence-corrected chi connectivity index (χ3v) is 15.0. The second-order valence-corrected chi connectivity index (χ2v) is 18.5. The summed E-state index contributed by atoms with van der Waals surface area (Å²) in [6, 6.07) is 81.5. The largest absolute Gasteiger partial charge is 0.455 e. The van der Waals surface area contributed by atoms with Gasteiger partial charge in [-0.25, -0.2) is 0 Å². The van der Waals surface area contributed by atoms with Gasteiger partial charge >= 0.3 is 0 Å². The summed E-state index contributed by atoms with van der Waals surface area (Å²) >= 11 is 3.73. The highest BCUT2D eigenvalue weighted by molar-refractivity contribution is 7.26. The van der Waals surface area contributed by atoms with Crippen molar-refractivity contribution in [2.24, 2.45) is 0 Å². The summed E-state index contributed by atoms with van der Waals surface area (Å²) < 4.78 is 12.2. The molecule has 0 atom stereocenters. The van der Waals surface area contributed by atoms with Crippen LogP contribution in [0.3, 0.4) is 0 Å². The van der Waals surface area contributed by atoms with Gasteiger partial charge in [-0.15, -0.1) is 22.7 Å². The Labute approximate surface area is 378 Å². The minimum absolute atomic E-state index is 0.862. The molecule has 0 aliphatic carbocycles. The fourth-order valence-corrected chi connectivity index (χ4v) is 12.0. The zero-order valence-electron chi connectivity index (χ0n) is 34.5. The number of hydrogen-bond acceptors (Lipinski definition) is 4. The minimum atomic E-state index is 0.862. The predicted octanol–water partition coefficient (Wildman–Crippen LogP) is 18.5. The standard InChI is InChI=1S/C60H37NOS2/c1-5-15-38(16-6-1)42-25-28-49-53(35-42)62-59-46(40-19-9-3-10-20-40)31-32-52(58(49)59)61(43-26-33-55-50(36-43)48-23-13-14-24-54(48)63-55)44-27-34-56-51(37-44)57-45(39-17-7-2-8-18-39)29-30-47(60(57)64-56)41-21-11-4-12-22-41/h1-37H. The van der Waals surface area contributed by atoms with Crippen molar-refractivity contribution in [3.63, 3.8) is 0 Å². The molecule has 13 rings (SSSR count). The van der Waals surface area contributed by atoms with E-state index >= 15 is 0 Å². The third-order valence-electron chi connectivity index (χ3n) is 12.7. The predicted molar refractivity (Wildman–Crippen MR) is 276 cm³/mol. The summed E-state index contributed by atoms with van der Waals surface area (Å²) in [5, 5.41) is 7.21. The van der Waals surface area contributed by atoms with E-state index in [0.717, 1.165) is 61.3 Å². The normalized spacial score (nSPS) is 11.8. The van der Waals surface area contributed by atoms with Crippen molar-refractivity contribution in [3.8, 4) is 44.5 Å². The van der Waals surface area contributed by atoms with E-state index in [2.05, 4.69) is 229 Å². The second kappa shape index (κ2) is 15.0. The van der Waals surface area contributed by atoms with Gasteiger partial charge in [0.1, 0.15) is 11.2 Å². The zero-order valence-corrected chi connectivity index (χ0v) is 36.2. The molecule has 4 heteroatoms. The number of benzene rings is 10. The Hall–Kier alpha value is -7.76. The highest BCUT2D eigenvalue weighted by Crippen LogP contribution is 2.51. The summed E-state index contributed by atoms with van der Waals surface area (Å²) in [5.41, 5.74) is 14.4. The van der Waals surface area contributed by atoms with E-state index in [-0.39, 0.29) is 0 Å². The van der Waals surface area contributed by atoms with E-state index in [1.807, 2.05) is 22.7 Å². The topological polar surface area (TPSA) is 16.4 Å². The molecule has 0 aliphatic rings. The van der Waals surface area contributed by atoms with Crippen molar-refractivity contribution in [1.29, 1.82) is 0 Å². The van der Waals surface area contributed by atoms with E-state index in [0.29, 0.717) is 0 Å². The van der Waals surface area contributed by atoms with Gasteiger partial charge in [-0.2, -0.15) is 0 Å². The Balaban J connectivity index is 1.11. The maximum absolute atomic E-state index is 7.09. The van der Waals surface area contributed by atoms with Gasteiger partial charge in [-0.3, -0.25) is 0 Å². The van der Waals surface area contributed by atoms with Crippen LogP contribution in [0.15, 0.2) is 229 Å². The molecule has 0 amide bonds. The highest BCUT2D eigenvalue weighted by Gasteiger charge is 2.25. The minimum Gasteiger partial charge on any atom is -0.455 e. The van der Waals surface area contributed by atoms with E-state index in [9.17, 15) is 0 Å². The Kier molecular flexibility index (Phi) is 8.61. The number of thiophene rings is 2. The molecular formula is C60H37NOS2. The van der Waals surface area contributed by atoms with Gasteiger partial charge in [-0.1, -0.05) is 158 Å². The number of hydrogen-bond donors (Lipinski definition) is 0. The van der Waals surface area contributed by atoms with Crippen LogP contribution in [0.4, 0.5) is 17.1 Å². The van der Waals surface area contributed by atoms with E-state index < -0.39 is 0 Å². The highest BCUT2D eigenvalue weighted by atomic mass is 32.1. The fraction of sp³-hybridized carbons (Fsp3) is 0. The van der Waals surface area contributed by atoms with Crippen molar-refractivity contribution in [2.75, 3.05) is 4.90 Å². The second-order valence-electron chi connectivity index (χ2n) is 16.4. The molecule has 13 aromatic rings. The van der Waals surface area contributed by atoms with Crippen molar-refractivity contribution in [2.45, 2.75) is 0 Å². The maximum Gasteiger partial charge on any atom is 0.145 e. The molecule has 0 fully saturated rings. The third kappa shape index (κ3) is 5.99. The first-order valence-corrected chi connectivity index (χ1v) is 23.3. The van der Waals surface area contributed by atoms with Crippen molar-refractivity contribution in [3.05, 3.63) is 224 Å². The Morgan fingerprint density at radius 2 is 0.875 bits per heavy atom. The molecule has 64 heavy (non-hydrogen) atoms. The Bertz CT molecular complexity index is 3890. The van der Waals surface area contributed by atoms with Crippen LogP contribution in [-0.4, -0.2) is 0 Å². The molecule has 0 unspecified atom stereocenters. The van der Waals surface area contributed by atoms with Gasteiger partial charge in [0.05, 0.1) is 11.1 Å². The molecule has 10 aromatic carbocycles. The molecular weight excluding hydrogens is 815 g/mol. The van der Waals surface area contributed by atoms with Gasteiger partial charge in [0.25, 0.3) is 0 Å². The number of rotatable bonds is 7. The first kappa shape index (κ1) is 36.9. The molecule has 0 saturated heterocycles. The van der Waals surface area contributed by atoms with Crippen molar-refractivity contribution < 1.29 is 4.42 Å². The van der Waals surface area contributed by atoms with Gasteiger partial charge in [-0.05, 0) is 106 Å². The molecule has 3 aromatic heterocycles. The van der Waals surface area contributed by atoms with Crippen LogP contribution in [0, 0.1) is 0 Å². The Morgan fingerprint density at radius 1 is 0.328 bits per heavy atom. The van der Waals surface area contributed by atoms with Crippen molar-refractivity contribution >= 4 is 102 Å². The zero-order chi connectivity index (χ0) is 42.1. The number of nitrogens with zero attached hydrogens (tertiary/aromatic N) is 1. The van der Waals surface area contributed by atoms with Crippen LogP contribution in [-0.2, 0) is 0 Å². The average molecular weight is 852 g/mol. The van der Waals surface area contributed by atoms with Gasteiger partial charge in [0.2, 0.25) is 0 Å². The monoisotopic (exact) mass is 851 g/mol. The molecule has 0 spiro atoms. The molecule has 300 valence electrons. The van der Waals surface area contributed by atoms with Crippen LogP contribution >= 0.6 is 22.7 Å². The van der Waals surface area contributed by atoms with Crippen LogP contribution in [0.2, 0.25) is 0 Å². The van der Waals surface area contributed by atoms with E-state index in [1.165, 1.54) is 62.6 Å². The summed E-state index contributed by atoms with van der Waals surface area (Å²) in [6.45, 7) is 0. The van der Waals surface area contributed by atoms with Crippen LogP contribution in [0.25, 0.3) is 107 Å². The van der Waals surface area contributed by atoms with E-state index in [1.54, 1.807) is 0 Å². The SMILES string of the molecule is c1ccc(-c2ccc3c(c2)oc2c(-c4ccccc4)ccc(N(c4ccc5sc6ccccc6c5c4)c4ccc5sc6c(-c7ccccc7)ccc(-c7ccccc7)c6c5c4)c23)cc1. The molecule has 2 nitrogen and oxygen atoms in total. The molecule has 0 bridgehead atoms. The molecule has 0 saturated carbocycles. The van der Waals surface area contributed by atoms with Gasteiger partial charge in [0, 0.05) is 62.7 Å². The lowest BCUT2D eigenvalue weighted by atomic mass is 9.94. The lowest BCUT2D eigenvalue weighted by molar-refractivity contribution is 0.670. The fourth-order valence-electron chi connectivity index (χ4n) is 9.69. The summed E-state index contributed by atoms with van der Waals surface area (Å²) in [6.07, 6.45) is 0. The summed E-state index contributed by atoms with van der Waals surface area (Å²) in [4.78, 5) is 2.47. The summed E-state index contributed by atoms with van der Waals surface area (Å²) in [7, 11) is 0. The average Bonchev–Trinajstić information content (AvgIpc) is 4.06. The molecule has 0 aliphatic heterocycles. The lowest BCUT2D eigenvalue weighted by Crippen LogP contribution is -2.10. The molecule has 0 radical (unpaired) electrons. The van der Waals surface area contributed by atoms with Crippen LogP contribution in [0.5, 0.6) is 0 Å².